The van der Waals surface area contributed by atoms with Crippen LogP contribution in [0.4, 0.5) is 13.6 Å². The zero-order chi connectivity index (χ0) is 25.4. The second-order valence-electron chi connectivity index (χ2n) is 9.19. The van der Waals surface area contributed by atoms with Gasteiger partial charge in [-0.25, -0.2) is 9.59 Å². The van der Waals surface area contributed by atoms with Gasteiger partial charge < -0.3 is 14.6 Å². The largest absolute Gasteiger partial charge is 0.479 e. The summed E-state index contributed by atoms with van der Waals surface area (Å²) < 4.78 is 35.8. The number of carboxylic acids is 1. The lowest BCUT2D eigenvalue weighted by atomic mass is 9.89. The van der Waals surface area contributed by atoms with Gasteiger partial charge in [0.1, 0.15) is 12.4 Å². The highest BCUT2D eigenvalue weighted by Crippen LogP contribution is 2.45. The summed E-state index contributed by atoms with van der Waals surface area (Å²) in [5.74, 6) is -1.66. The highest BCUT2D eigenvalue weighted by atomic mass is 19.3. The number of aliphatic carboxylic acids is 1. The molecule has 1 atom stereocenters. The van der Waals surface area contributed by atoms with E-state index in [2.05, 4.69) is 4.74 Å². The number of alkyl halides is 2. The lowest BCUT2D eigenvalue weighted by Gasteiger charge is -2.38. The van der Waals surface area contributed by atoms with Crippen LogP contribution in [-0.4, -0.2) is 41.3 Å². The molecule has 0 spiro atoms. The summed E-state index contributed by atoms with van der Waals surface area (Å²) in [5, 5.41) is 10.3. The van der Waals surface area contributed by atoms with Crippen molar-refractivity contribution in [2.45, 2.75) is 43.9 Å². The number of rotatable bonds is 8. The number of carboxylic acid groups (broad SMARTS) is 1. The monoisotopic (exact) mass is 493 g/mol. The molecule has 2 aliphatic carbocycles. The van der Waals surface area contributed by atoms with Crippen molar-refractivity contribution in [3.8, 4) is 16.9 Å². The van der Waals surface area contributed by atoms with Gasteiger partial charge in [0.15, 0.2) is 5.54 Å². The maximum absolute atomic E-state index is 13.5. The van der Waals surface area contributed by atoms with E-state index in [1.165, 1.54) is 36.1 Å². The molecule has 36 heavy (non-hydrogen) atoms. The van der Waals surface area contributed by atoms with Crippen LogP contribution in [0.2, 0.25) is 0 Å². The average molecular weight is 494 g/mol. The summed E-state index contributed by atoms with van der Waals surface area (Å²) in [4.78, 5) is 27.3. The fraction of sp³-hybridized carbons (Fsp3) is 0.286. The lowest BCUT2D eigenvalue weighted by molar-refractivity contribution is -0.150. The Morgan fingerprint density at radius 2 is 1.61 bits per heavy atom. The molecule has 0 aromatic heterocycles. The number of amides is 1. The van der Waals surface area contributed by atoms with Crippen molar-refractivity contribution in [2.24, 2.45) is 0 Å². The molecule has 1 saturated carbocycles. The van der Waals surface area contributed by atoms with Gasteiger partial charge in [0.25, 0.3) is 0 Å². The fourth-order valence-corrected chi connectivity index (χ4v) is 5.03. The number of halogens is 2. The summed E-state index contributed by atoms with van der Waals surface area (Å²) in [6, 6.07) is 21.0. The van der Waals surface area contributed by atoms with Crippen molar-refractivity contribution in [1.82, 2.24) is 4.90 Å². The maximum Gasteiger partial charge on any atom is 0.411 e. The summed E-state index contributed by atoms with van der Waals surface area (Å²) >= 11 is 0. The van der Waals surface area contributed by atoms with Crippen LogP contribution in [-0.2, 0) is 15.1 Å². The van der Waals surface area contributed by atoms with Crippen molar-refractivity contribution in [2.75, 3.05) is 6.61 Å². The van der Waals surface area contributed by atoms with E-state index in [9.17, 15) is 23.5 Å². The SMILES string of the molecule is CC(C(=O)O)(c1cccc(OC(F)F)c1)N(C(=O)OCC1c2ccccc2-c2ccccc21)C1CC1. The molecule has 0 aliphatic heterocycles. The molecule has 1 N–H and O–H groups in total. The number of benzene rings is 3. The first-order chi connectivity index (χ1) is 17.3. The maximum atomic E-state index is 13.5. The number of hydrogen-bond acceptors (Lipinski definition) is 4. The van der Waals surface area contributed by atoms with Crippen LogP contribution in [0.25, 0.3) is 11.1 Å². The van der Waals surface area contributed by atoms with Gasteiger partial charge in [-0.2, -0.15) is 8.78 Å². The molecular weight excluding hydrogens is 468 g/mol. The van der Waals surface area contributed by atoms with Gasteiger partial charge in [-0.05, 0) is 59.7 Å². The van der Waals surface area contributed by atoms with Crippen LogP contribution in [0, 0.1) is 0 Å². The van der Waals surface area contributed by atoms with E-state index in [0.717, 1.165) is 22.3 Å². The predicted molar refractivity (Wildman–Crippen MR) is 128 cm³/mol. The van der Waals surface area contributed by atoms with E-state index in [1.807, 2.05) is 48.5 Å². The minimum atomic E-state index is -3.06. The molecule has 0 radical (unpaired) electrons. The molecular formula is C28H25F2NO5. The van der Waals surface area contributed by atoms with Gasteiger partial charge in [-0.15, -0.1) is 0 Å². The van der Waals surface area contributed by atoms with E-state index in [-0.39, 0.29) is 29.9 Å². The Morgan fingerprint density at radius 3 is 2.17 bits per heavy atom. The predicted octanol–water partition coefficient (Wildman–Crippen LogP) is 6.00. The third-order valence-corrected chi connectivity index (χ3v) is 6.96. The third-order valence-electron chi connectivity index (χ3n) is 6.96. The lowest BCUT2D eigenvalue weighted by Crippen LogP contribution is -2.54. The minimum Gasteiger partial charge on any atom is -0.479 e. The van der Waals surface area contributed by atoms with Gasteiger partial charge in [-0.1, -0.05) is 60.7 Å². The molecule has 2 aliphatic rings. The van der Waals surface area contributed by atoms with Crippen LogP contribution in [0.1, 0.15) is 42.4 Å². The van der Waals surface area contributed by atoms with Crippen LogP contribution >= 0.6 is 0 Å². The summed E-state index contributed by atoms with van der Waals surface area (Å²) in [7, 11) is 0. The number of carbonyl (C=O) groups excluding carboxylic acids is 1. The molecule has 186 valence electrons. The van der Waals surface area contributed by atoms with Crippen LogP contribution in [0.3, 0.4) is 0 Å². The average Bonchev–Trinajstić information content (AvgIpc) is 3.64. The second-order valence-corrected chi connectivity index (χ2v) is 9.19. The standard InChI is InChI=1S/C28H25F2NO5/c1-28(25(32)33,17-7-6-8-19(15-17)36-26(29)30)31(18-13-14-18)27(34)35-16-24-22-11-4-2-9-20(22)21-10-3-5-12-23(21)24/h2-12,15,18,24,26H,13-14,16H2,1H3,(H,32,33). The Morgan fingerprint density at radius 1 is 1.00 bits per heavy atom. The molecule has 6 nitrogen and oxygen atoms in total. The first kappa shape index (κ1) is 23.8. The number of carbonyl (C=O) groups is 2. The van der Waals surface area contributed by atoms with Crippen molar-refractivity contribution < 1.29 is 33.0 Å². The first-order valence-corrected chi connectivity index (χ1v) is 11.7. The number of nitrogens with zero attached hydrogens (tertiary/aromatic N) is 1. The van der Waals surface area contributed by atoms with E-state index >= 15 is 0 Å². The Labute approximate surface area is 207 Å². The molecule has 0 heterocycles. The summed E-state index contributed by atoms with van der Waals surface area (Å²) in [5.41, 5.74) is 2.56. The van der Waals surface area contributed by atoms with Gasteiger partial charge in [0, 0.05) is 12.0 Å². The van der Waals surface area contributed by atoms with E-state index in [1.54, 1.807) is 0 Å². The fourth-order valence-electron chi connectivity index (χ4n) is 5.03. The molecule has 5 rings (SSSR count). The zero-order valence-corrected chi connectivity index (χ0v) is 19.6. The van der Waals surface area contributed by atoms with Crippen LogP contribution in [0.15, 0.2) is 72.8 Å². The topological polar surface area (TPSA) is 76.1 Å². The molecule has 0 saturated heterocycles. The number of fused-ring (bicyclic) bond motifs is 3. The summed E-state index contributed by atoms with van der Waals surface area (Å²) in [6.45, 7) is -1.63. The smallest absolute Gasteiger partial charge is 0.411 e. The Hall–Kier alpha value is -3.94. The van der Waals surface area contributed by atoms with Gasteiger partial charge in [-0.3, -0.25) is 4.90 Å². The zero-order valence-electron chi connectivity index (χ0n) is 19.6. The van der Waals surface area contributed by atoms with Gasteiger partial charge in [0.2, 0.25) is 0 Å². The highest BCUT2D eigenvalue weighted by Gasteiger charge is 2.51. The molecule has 3 aromatic carbocycles. The quantitative estimate of drug-likeness (QED) is 0.417. The molecule has 1 unspecified atom stereocenters. The third kappa shape index (κ3) is 4.17. The van der Waals surface area contributed by atoms with Crippen molar-refractivity contribution in [3.63, 3.8) is 0 Å². The molecule has 1 fully saturated rings. The number of ether oxygens (including phenoxy) is 2. The normalized spacial score (nSPS) is 16.1. The second kappa shape index (κ2) is 9.26. The van der Waals surface area contributed by atoms with Crippen molar-refractivity contribution >= 4 is 12.1 Å². The Bertz CT molecular complexity index is 1260. The minimum absolute atomic E-state index is 0.0420. The van der Waals surface area contributed by atoms with E-state index < -0.39 is 24.2 Å². The van der Waals surface area contributed by atoms with E-state index in [0.29, 0.717) is 12.8 Å². The first-order valence-electron chi connectivity index (χ1n) is 11.7. The van der Waals surface area contributed by atoms with Crippen LogP contribution < -0.4 is 4.74 Å². The van der Waals surface area contributed by atoms with Crippen molar-refractivity contribution in [3.05, 3.63) is 89.5 Å². The van der Waals surface area contributed by atoms with Crippen LogP contribution in [0.5, 0.6) is 5.75 Å². The van der Waals surface area contributed by atoms with Gasteiger partial charge >= 0.3 is 18.7 Å². The van der Waals surface area contributed by atoms with Gasteiger partial charge in [0.05, 0.1) is 0 Å². The summed E-state index contributed by atoms with van der Waals surface area (Å²) in [6.07, 6.45) is 0.491. The molecule has 1 amide bonds. The highest BCUT2D eigenvalue weighted by molar-refractivity contribution is 5.86. The van der Waals surface area contributed by atoms with Crippen molar-refractivity contribution in [1.29, 1.82) is 0 Å². The molecule has 3 aromatic rings. The Balaban J connectivity index is 1.43. The molecule has 8 heteroatoms. The molecule has 0 bridgehead atoms. The van der Waals surface area contributed by atoms with E-state index in [4.69, 9.17) is 4.74 Å². The Kier molecular flexibility index (Phi) is 6.12. The number of hydrogen-bond donors (Lipinski definition) is 1.